The highest BCUT2D eigenvalue weighted by molar-refractivity contribution is 8.18. The summed E-state index contributed by atoms with van der Waals surface area (Å²) >= 11 is 3.09. The van der Waals surface area contributed by atoms with Crippen molar-refractivity contribution in [2.45, 2.75) is 13.5 Å². The Labute approximate surface area is 167 Å². The Balaban J connectivity index is 1.70. The van der Waals surface area contributed by atoms with Gasteiger partial charge in [0.1, 0.15) is 0 Å². The molecule has 1 amide bonds. The van der Waals surface area contributed by atoms with Gasteiger partial charge in [0, 0.05) is 4.88 Å². The smallest absolute Gasteiger partial charge is 0.267 e. The molecule has 0 spiro atoms. The van der Waals surface area contributed by atoms with Crippen LogP contribution in [0, 0.1) is 6.92 Å². The summed E-state index contributed by atoms with van der Waals surface area (Å²) in [5, 5.41) is 2.77. The van der Waals surface area contributed by atoms with Gasteiger partial charge >= 0.3 is 0 Å². The first-order valence-electron chi connectivity index (χ1n) is 8.64. The van der Waals surface area contributed by atoms with Crippen LogP contribution in [0.1, 0.15) is 16.0 Å². The maximum atomic E-state index is 13.1. The summed E-state index contributed by atoms with van der Waals surface area (Å²) in [5.41, 5.74) is 3.11. The second-order valence-corrected chi connectivity index (χ2v) is 8.14. The number of thiophene rings is 1. The number of rotatable bonds is 4. The van der Waals surface area contributed by atoms with E-state index in [9.17, 15) is 4.79 Å². The molecule has 1 saturated heterocycles. The highest BCUT2D eigenvalue weighted by atomic mass is 32.2. The molecule has 1 aliphatic rings. The number of amidine groups is 1. The molecule has 3 nitrogen and oxygen atoms in total. The van der Waals surface area contributed by atoms with Crippen molar-refractivity contribution in [2.24, 2.45) is 4.99 Å². The number of amides is 1. The van der Waals surface area contributed by atoms with Crippen LogP contribution in [-0.2, 0) is 11.3 Å². The number of para-hydroxylation sites is 1. The zero-order valence-electron chi connectivity index (χ0n) is 14.8. The van der Waals surface area contributed by atoms with E-state index in [4.69, 9.17) is 4.99 Å². The Morgan fingerprint density at radius 1 is 1.00 bits per heavy atom. The molecule has 0 bridgehead atoms. The molecule has 0 aliphatic carbocycles. The van der Waals surface area contributed by atoms with E-state index in [1.807, 2.05) is 72.1 Å². The molecule has 1 fully saturated rings. The first-order valence-corrected chi connectivity index (χ1v) is 10.3. The van der Waals surface area contributed by atoms with Crippen LogP contribution in [0.25, 0.3) is 6.08 Å². The molecule has 0 unspecified atom stereocenters. The lowest BCUT2D eigenvalue weighted by atomic mass is 10.2. The van der Waals surface area contributed by atoms with Gasteiger partial charge in [0.2, 0.25) is 0 Å². The quantitative estimate of drug-likeness (QED) is 0.523. The molecule has 0 N–H and O–H groups in total. The van der Waals surface area contributed by atoms with Crippen molar-refractivity contribution in [3.63, 3.8) is 0 Å². The number of hydrogen-bond acceptors (Lipinski definition) is 4. The number of aliphatic imine (C=N–C) groups is 1. The van der Waals surface area contributed by atoms with Crippen molar-refractivity contribution in [3.8, 4) is 0 Å². The van der Waals surface area contributed by atoms with E-state index in [-0.39, 0.29) is 5.91 Å². The maximum Gasteiger partial charge on any atom is 0.267 e. The van der Waals surface area contributed by atoms with Crippen LogP contribution in [0.3, 0.4) is 0 Å². The first-order chi connectivity index (χ1) is 13.2. The normalized spacial score (nSPS) is 17.2. The average Bonchev–Trinajstić information content (AvgIpc) is 3.22. The minimum absolute atomic E-state index is 0.00586. The monoisotopic (exact) mass is 390 g/mol. The van der Waals surface area contributed by atoms with Crippen LogP contribution < -0.4 is 0 Å². The van der Waals surface area contributed by atoms with Crippen molar-refractivity contribution < 1.29 is 4.79 Å². The Morgan fingerprint density at radius 3 is 2.37 bits per heavy atom. The van der Waals surface area contributed by atoms with E-state index >= 15 is 0 Å². The SMILES string of the molecule is Cc1ccsc1/C=C1\SC(=Nc2ccccc2)N(Cc2ccccc2)C1=O. The summed E-state index contributed by atoms with van der Waals surface area (Å²) in [6.07, 6.45) is 1.98. The number of benzene rings is 2. The molecule has 3 aromatic rings. The predicted molar refractivity (Wildman–Crippen MR) is 115 cm³/mol. The van der Waals surface area contributed by atoms with Crippen LogP contribution in [-0.4, -0.2) is 16.0 Å². The zero-order valence-corrected chi connectivity index (χ0v) is 16.5. The fourth-order valence-corrected chi connectivity index (χ4v) is 4.67. The van der Waals surface area contributed by atoms with E-state index in [0.717, 1.165) is 21.3 Å². The van der Waals surface area contributed by atoms with Gasteiger partial charge in [0.15, 0.2) is 5.17 Å². The molecule has 0 atom stereocenters. The van der Waals surface area contributed by atoms with E-state index in [1.54, 1.807) is 16.2 Å². The third-order valence-electron chi connectivity index (χ3n) is 4.22. The maximum absolute atomic E-state index is 13.1. The summed E-state index contributed by atoms with van der Waals surface area (Å²) in [5.74, 6) is 0.00586. The van der Waals surface area contributed by atoms with Gasteiger partial charge in [0.05, 0.1) is 17.1 Å². The molecule has 27 heavy (non-hydrogen) atoms. The molecular weight excluding hydrogens is 372 g/mol. The van der Waals surface area contributed by atoms with Crippen molar-refractivity contribution in [3.05, 3.63) is 93.0 Å². The molecular formula is C22H18N2OS2. The van der Waals surface area contributed by atoms with Crippen molar-refractivity contribution in [2.75, 3.05) is 0 Å². The third-order valence-corrected chi connectivity index (χ3v) is 6.19. The van der Waals surface area contributed by atoms with Gasteiger partial charge < -0.3 is 0 Å². The number of carbonyl (C=O) groups excluding carboxylic acids is 1. The second kappa shape index (κ2) is 7.94. The van der Waals surface area contributed by atoms with Crippen molar-refractivity contribution in [1.82, 2.24) is 4.90 Å². The Morgan fingerprint density at radius 2 is 1.70 bits per heavy atom. The Hall–Kier alpha value is -2.63. The van der Waals surface area contributed by atoms with Gasteiger partial charge in [-0.15, -0.1) is 11.3 Å². The zero-order chi connectivity index (χ0) is 18.6. The summed E-state index contributed by atoms with van der Waals surface area (Å²) < 4.78 is 0. The van der Waals surface area contributed by atoms with Gasteiger partial charge in [-0.2, -0.15) is 0 Å². The van der Waals surface area contributed by atoms with E-state index in [2.05, 4.69) is 13.0 Å². The van der Waals surface area contributed by atoms with E-state index in [1.165, 1.54) is 17.3 Å². The minimum Gasteiger partial charge on any atom is -0.282 e. The van der Waals surface area contributed by atoms with Crippen molar-refractivity contribution >= 4 is 45.9 Å². The summed E-state index contributed by atoms with van der Waals surface area (Å²) in [6.45, 7) is 2.58. The van der Waals surface area contributed by atoms with Gasteiger partial charge in [0.25, 0.3) is 5.91 Å². The lowest BCUT2D eigenvalue weighted by Gasteiger charge is -2.15. The van der Waals surface area contributed by atoms with Crippen LogP contribution in [0.2, 0.25) is 0 Å². The molecule has 134 valence electrons. The van der Waals surface area contributed by atoms with E-state index in [0.29, 0.717) is 11.4 Å². The molecule has 0 radical (unpaired) electrons. The number of nitrogens with zero attached hydrogens (tertiary/aromatic N) is 2. The van der Waals surface area contributed by atoms with Gasteiger partial charge in [-0.1, -0.05) is 48.5 Å². The first kappa shape index (κ1) is 17.8. The van der Waals surface area contributed by atoms with Crippen molar-refractivity contribution in [1.29, 1.82) is 0 Å². The molecule has 4 rings (SSSR count). The standard InChI is InChI=1S/C22H18N2OS2/c1-16-12-13-26-19(16)14-20-21(25)24(15-17-8-4-2-5-9-17)22(27-20)23-18-10-6-3-7-11-18/h2-14H,15H2,1H3/b20-14-,23-22?. The highest BCUT2D eigenvalue weighted by Gasteiger charge is 2.33. The molecule has 1 aromatic heterocycles. The minimum atomic E-state index is 0.00586. The molecule has 1 aliphatic heterocycles. The number of thioether (sulfide) groups is 1. The largest absolute Gasteiger partial charge is 0.282 e. The van der Waals surface area contributed by atoms with Gasteiger partial charge in [-0.05, 0) is 59.5 Å². The molecule has 2 heterocycles. The average molecular weight is 391 g/mol. The van der Waals surface area contributed by atoms with Gasteiger partial charge in [-0.25, -0.2) is 4.99 Å². The Kier molecular flexibility index (Phi) is 5.23. The van der Waals surface area contributed by atoms with Crippen LogP contribution in [0.15, 0.2) is 82.0 Å². The third kappa shape index (κ3) is 4.04. The number of carbonyl (C=O) groups is 1. The van der Waals surface area contributed by atoms with Gasteiger partial charge in [-0.3, -0.25) is 9.69 Å². The van der Waals surface area contributed by atoms with E-state index < -0.39 is 0 Å². The lowest BCUT2D eigenvalue weighted by molar-refractivity contribution is -0.122. The van der Waals surface area contributed by atoms with Crippen LogP contribution >= 0.6 is 23.1 Å². The second-order valence-electron chi connectivity index (χ2n) is 6.19. The summed E-state index contributed by atoms with van der Waals surface area (Å²) in [6, 6.07) is 21.9. The fraction of sp³-hybridized carbons (Fsp3) is 0.0909. The lowest BCUT2D eigenvalue weighted by Crippen LogP contribution is -2.28. The number of aryl methyl sites for hydroxylation is 1. The fourth-order valence-electron chi connectivity index (χ4n) is 2.76. The summed E-state index contributed by atoms with van der Waals surface area (Å²) in [4.78, 5) is 21.4. The number of hydrogen-bond donors (Lipinski definition) is 0. The molecule has 5 heteroatoms. The van der Waals surface area contributed by atoms with Crippen LogP contribution in [0.5, 0.6) is 0 Å². The highest BCUT2D eigenvalue weighted by Crippen LogP contribution is 2.36. The summed E-state index contributed by atoms with van der Waals surface area (Å²) in [7, 11) is 0. The Bertz CT molecular complexity index is 1010. The molecule has 2 aromatic carbocycles. The van der Waals surface area contributed by atoms with Crippen LogP contribution in [0.4, 0.5) is 5.69 Å². The predicted octanol–water partition coefficient (Wildman–Crippen LogP) is 5.86. The molecule has 0 saturated carbocycles. The topological polar surface area (TPSA) is 32.7 Å².